The third kappa shape index (κ3) is 3.25. The summed E-state index contributed by atoms with van der Waals surface area (Å²) in [6.45, 7) is 3.95. The summed E-state index contributed by atoms with van der Waals surface area (Å²) in [5.74, 6) is -2.13. The molecule has 5 nitrogen and oxygen atoms in total. The molecule has 7 heteroatoms. The maximum Gasteiger partial charge on any atom is 0.275 e. The van der Waals surface area contributed by atoms with Gasteiger partial charge in [0.15, 0.2) is 11.6 Å². The lowest BCUT2D eigenvalue weighted by Crippen LogP contribution is -2.27. The minimum Gasteiger partial charge on any atom is -0.506 e. The van der Waals surface area contributed by atoms with Crippen LogP contribution >= 0.6 is 0 Å². The Morgan fingerprint density at radius 3 is 2.52 bits per heavy atom. The molecule has 0 aliphatic rings. The molecule has 0 saturated carbocycles. The standard InChI is InChI=1S/C14H15F2N3O2/c1-8(2)17-7-11-12(20)6-13(21)19(18-11)14-9(15)4-3-5-10(14)16/h3-6,8,17,20H,7H2,1-2H3. The molecule has 0 aliphatic heterocycles. The van der Waals surface area contributed by atoms with Crippen molar-refractivity contribution in [1.82, 2.24) is 15.1 Å². The van der Waals surface area contributed by atoms with E-state index in [-0.39, 0.29) is 24.0 Å². The van der Waals surface area contributed by atoms with E-state index in [1.807, 2.05) is 13.8 Å². The highest BCUT2D eigenvalue weighted by atomic mass is 19.1. The summed E-state index contributed by atoms with van der Waals surface area (Å²) in [6.07, 6.45) is 0. The molecule has 0 unspecified atom stereocenters. The number of benzene rings is 1. The van der Waals surface area contributed by atoms with Crippen molar-refractivity contribution in [2.45, 2.75) is 26.4 Å². The van der Waals surface area contributed by atoms with E-state index < -0.39 is 22.9 Å². The summed E-state index contributed by atoms with van der Waals surface area (Å²) < 4.78 is 28.1. The van der Waals surface area contributed by atoms with Crippen LogP contribution in [0, 0.1) is 11.6 Å². The van der Waals surface area contributed by atoms with E-state index in [0.717, 1.165) is 18.2 Å². The third-order valence-corrected chi connectivity index (χ3v) is 2.81. The van der Waals surface area contributed by atoms with Crippen LogP contribution in [0.2, 0.25) is 0 Å². The number of hydrogen-bond acceptors (Lipinski definition) is 4. The van der Waals surface area contributed by atoms with Gasteiger partial charge in [-0.15, -0.1) is 0 Å². The van der Waals surface area contributed by atoms with Gasteiger partial charge in [0.05, 0.1) is 0 Å². The van der Waals surface area contributed by atoms with Gasteiger partial charge in [0.25, 0.3) is 5.56 Å². The predicted molar refractivity (Wildman–Crippen MR) is 73.4 cm³/mol. The molecule has 0 atom stereocenters. The van der Waals surface area contributed by atoms with Crippen molar-refractivity contribution in [1.29, 1.82) is 0 Å². The van der Waals surface area contributed by atoms with E-state index >= 15 is 0 Å². The second-order valence-corrected chi connectivity index (χ2v) is 4.83. The largest absolute Gasteiger partial charge is 0.506 e. The quantitative estimate of drug-likeness (QED) is 0.901. The van der Waals surface area contributed by atoms with Gasteiger partial charge in [0.2, 0.25) is 0 Å². The van der Waals surface area contributed by atoms with Crippen LogP contribution in [0.3, 0.4) is 0 Å². The zero-order valence-electron chi connectivity index (χ0n) is 11.6. The van der Waals surface area contributed by atoms with Gasteiger partial charge in [-0.1, -0.05) is 19.9 Å². The number of rotatable bonds is 4. The Morgan fingerprint density at radius 2 is 1.95 bits per heavy atom. The van der Waals surface area contributed by atoms with Crippen LogP contribution in [0.25, 0.3) is 5.69 Å². The minimum atomic E-state index is -0.905. The molecule has 0 saturated heterocycles. The zero-order chi connectivity index (χ0) is 15.6. The van der Waals surface area contributed by atoms with Gasteiger partial charge in [-0.05, 0) is 12.1 Å². The van der Waals surface area contributed by atoms with Crippen molar-refractivity contribution in [3.63, 3.8) is 0 Å². The van der Waals surface area contributed by atoms with E-state index in [1.165, 1.54) is 6.07 Å². The topological polar surface area (TPSA) is 67.2 Å². The van der Waals surface area contributed by atoms with Crippen molar-refractivity contribution in [3.05, 3.63) is 51.9 Å². The van der Waals surface area contributed by atoms with Gasteiger partial charge in [-0.25, -0.2) is 8.78 Å². The zero-order valence-corrected chi connectivity index (χ0v) is 11.6. The number of aromatic nitrogens is 2. The predicted octanol–water partition coefficient (Wildman–Crippen LogP) is 1.71. The van der Waals surface area contributed by atoms with Gasteiger partial charge in [0, 0.05) is 18.7 Å². The maximum absolute atomic E-state index is 13.7. The first-order valence-electron chi connectivity index (χ1n) is 6.40. The minimum absolute atomic E-state index is 0.122. The third-order valence-electron chi connectivity index (χ3n) is 2.81. The highest BCUT2D eigenvalue weighted by Gasteiger charge is 2.16. The summed E-state index contributed by atoms with van der Waals surface area (Å²) in [4.78, 5) is 11.8. The Balaban J connectivity index is 2.54. The number of nitrogens with zero attached hydrogens (tertiary/aromatic N) is 2. The van der Waals surface area contributed by atoms with E-state index in [1.54, 1.807) is 0 Å². The second-order valence-electron chi connectivity index (χ2n) is 4.83. The molecular formula is C14H15F2N3O2. The van der Waals surface area contributed by atoms with Gasteiger partial charge >= 0.3 is 0 Å². The van der Waals surface area contributed by atoms with Gasteiger partial charge < -0.3 is 10.4 Å². The Hall–Kier alpha value is -2.28. The molecule has 1 aromatic carbocycles. The first kappa shape index (κ1) is 15.1. The van der Waals surface area contributed by atoms with Crippen molar-refractivity contribution in [3.8, 4) is 11.4 Å². The van der Waals surface area contributed by atoms with Gasteiger partial charge in [-0.3, -0.25) is 4.79 Å². The average Bonchev–Trinajstić information content (AvgIpc) is 2.39. The Morgan fingerprint density at radius 1 is 1.33 bits per heavy atom. The van der Waals surface area contributed by atoms with Crippen molar-refractivity contribution < 1.29 is 13.9 Å². The van der Waals surface area contributed by atoms with Crippen LogP contribution in [-0.2, 0) is 6.54 Å². The maximum atomic E-state index is 13.7. The molecule has 0 bridgehead atoms. The van der Waals surface area contributed by atoms with Crippen molar-refractivity contribution in [2.75, 3.05) is 0 Å². The van der Waals surface area contributed by atoms with Crippen LogP contribution in [0.5, 0.6) is 5.75 Å². The summed E-state index contributed by atoms with van der Waals surface area (Å²) >= 11 is 0. The molecular weight excluding hydrogens is 280 g/mol. The van der Waals surface area contributed by atoms with Crippen LogP contribution in [-0.4, -0.2) is 20.9 Å². The molecule has 0 spiro atoms. The smallest absolute Gasteiger partial charge is 0.275 e. The lowest BCUT2D eigenvalue weighted by Gasteiger charge is -2.12. The van der Waals surface area contributed by atoms with Crippen LogP contribution in [0.4, 0.5) is 8.78 Å². The fourth-order valence-electron chi connectivity index (χ4n) is 1.76. The molecule has 2 rings (SSSR count). The fourth-order valence-corrected chi connectivity index (χ4v) is 1.76. The lowest BCUT2D eigenvalue weighted by molar-refractivity contribution is 0.445. The lowest BCUT2D eigenvalue weighted by atomic mass is 10.2. The molecule has 1 heterocycles. The first-order chi connectivity index (χ1) is 9.90. The number of halogens is 2. The summed E-state index contributed by atoms with van der Waals surface area (Å²) in [5.41, 5.74) is -1.25. The van der Waals surface area contributed by atoms with Crippen molar-refractivity contribution in [2.24, 2.45) is 0 Å². The molecule has 2 aromatic rings. The molecule has 0 fully saturated rings. The Labute approximate surface area is 119 Å². The number of hydrogen-bond donors (Lipinski definition) is 2. The highest BCUT2D eigenvalue weighted by Crippen LogP contribution is 2.17. The Bertz CT molecular complexity index is 694. The molecule has 0 aliphatic carbocycles. The van der Waals surface area contributed by atoms with Crippen LogP contribution in [0.15, 0.2) is 29.1 Å². The summed E-state index contributed by atoms with van der Waals surface area (Å²) in [7, 11) is 0. The normalized spacial score (nSPS) is 11.1. The molecule has 2 N–H and O–H groups in total. The number of aromatic hydroxyl groups is 1. The van der Waals surface area contributed by atoms with E-state index in [4.69, 9.17) is 0 Å². The average molecular weight is 295 g/mol. The van der Waals surface area contributed by atoms with E-state index in [9.17, 15) is 18.7 Å². The monoisotopic (exact) mass is 295 g/mol. The number of para-hydroxylation sites is 1. The molecule has 1 aromatic heterocycles. The van der Waals surface area contributed by atoms with E-state index in [2.05, 4.69) is 10.4 Å². The van der Waals surface area contributed by atoms with Crippen LogP contribution in [0.1, 0.15) is 19.5 Å². The van der Waals surface area contributed by atoms with Gasteiger partial charge in [0.1, 0.15) is 17.1 Å². The second kappa shape index (κ2) is 6.01. The molecule has 21 heavy (non-hydrogen) atoms. The van der Waals surface area contributed by atoms with Crippen molar-refractivity contribution >= 4 is 0 Å². The summed E-state index contributed by atoms with van der Waals surface area (Å²) in [5, 5.41) is 16.6. The fraction of sp³-hybridized carbons (Fsp3) is 0.286. The summed E-state index contributed by atoms with van der Waals surface area (Å²) in [6, 6.07) is 4.27. The molecule has 0 amide bonds. The first-order valence-corrected chi connectivity index (χ1v) is 6.40. The molecule has 0 radical (unpaired) electrons. The highest BCUT2D eigenvalue weighted by molar-refractivity contribution is 5.36. The SMILES string of the molecule is CC(C)NCc1nn(-c2c(F)cccc2F)c(=O)cc1O. The van der Waals surface area contributed by atoms with Gasteiger partial charge in [-0.2, -0.15) is 9.78 Å². The Kier molecular flexibility index (Phi) is 4.32. The van der Waals surface area contributed by atoms with E-state index in [0.29, 0.717) is 4.68 Å². The van der Waals surface area contributed by atoms with Crippen LogP contribution < -0.4 is 10.9 Å². The number of nitrogens with one attached hydrogen (secondary N) is 1. The molecule has 112 valence electrons.